The molecule has 5 nitrogen and oxygen atoms in total. The van der Waals surface area contributed by atoms with Gasteiger partial charge in [-0.2, -0.15) is 0 Å². The summed E-state index contributed by atoms with van der Waals surface area (Å²) in [6.07, 6.45) is 9.16. The maximum atomic E-state index is 13.0. The third kappa shape index (κ3) is 2.67. The van der Waals surface area contributed by atoms with E-state index in [2.05, 4.69) is 6.92 Å². The van der Waals surface area contributed by atoms with Gasteiger partial charge in [0.15, 0.2) is 5.78 Å². The molecule has 5 aliphatic carbocycles. The summed E-state index contributed by atoms with van der Waals surface area (Å²) < 4.78 is 6.14. The molecule has 3 fully saturated rings. The smallest absolute Gasteiger partial charge is 0.297 e. The van der Waals surface area contributed by atoms with Gasteiger partial charge < -0.3 is 9.84 Å². The lowest BCUT2D eigenvalue weighted by Gasteiger charge is -2.54. The minimum absolute atomic E-state index is 0.155. The standard InChI is InChI=1S/C27H30O5/c1-26-13-12-18-17-9-7-16(28)14-15(17)6-8-19(18)22(26)10-11-23(26)32-27(31)24(29)20-4-2-3-5-21(20)25(27)30/h2-5,14,17-19,22-23,31H,6-13H2,1H3/t17-,18-,19+,22+,23+,26+/m1/s1. The molecule has 32 heavy (non-hydrogen) atoms. The van der Waals surface area contributed by atoms with Gasteiger partial charge in [0.2, 0.25) is 11.6 Å². The molecule has 3 saturated carbocycles. The van der Waals surface area contributed by atoms with E-state index in [0.29, 0.717) is 30.1 Å². The first-order valence-electron chi connectivity index (χ1n) is 12.1. The molecule has 0 saturated heterocycles. The Labute approximate surface area is 188 Å². The molecule has 0 radical (unpaired) electrons. The zero-order chi connectivity index (χ0) is 22.3. The second-order valence-corrected chi connectivity index (χ2v) is 10.9. The summed E-state index contributed by atoms with van der Waals surface area (Å²) in [7, 11) is 0. The van der Waals surface area contributed by atoms with E-state index in [1.807, 2.05) is 6.08 Å². The van der Waals surface area contributed by atoms with Crippen LogP contribution >= 0.6 is 0 Å². The summed E-state index contributed by atoms with van der Waals surface area (Å²) in [5, 5.41) is 11.2. The second-order valence-electron chi connectivity index (χ2n) is 10.9. The number of carbonyl (C=O) groups is 3. The first-order chi connectivity index (χ1) is 15.3. The molecule has 1 aromatic rings. The lowest BCUT2D eigenvalue weighted by atomic mass is 9.52. The number of rotatable bonds is 2. The van der Waals surface area contributed by atoms with Gasteiger partial charge in [0, 0.05) is 17.5 Å². The van der Waals surface area contributed by atoms with Gasteiger partial charge in [-0.05, 0) is 80.1 Å². The van der Waals surface area contributed by atoms with E-state index in [1.165, 1.54) is 5.57 Å². The van der Waals surface area contributed by atoms with Crippen molar-refractivity contribution >= 4 is 17.3 Å². The molecule has 0 amide bonds. The highest BCUT2D eigenvalue weighted by atomic mass is 16.6. The van der Waals surface area contributed by atoms with Crippen LogP contribution in [0.15, 0.2) is 35.9 Å². The Hall–Kier alpha value is -2.11. The summed E-state index contributed by atoms with van der Waals surface area (Å²) in [6, 6.07) is 6.58. The van der Waals surface area contributed by atoms with E-state index < -0.39 is 17.4 Å². The number of benzene rings is 1. The van der Waals surface area contributed by atoms with Crippen LogP contribution in [0.25, 0.3) is 0 Å². The highest BCUT2D eigenvalue weighted by molar-refractivity contribution is 6.30. The van der Waals surface area contributed by atoms with Crippen LogP contribution in [0.2, 0.25) is 0 Å². The van der Waals surface area contributed by atoms with Crippen molar-refractivity contribution < 1.29 is 24.2 Å². The molecule has 0 unspecified atom stereocenters. The number of hydrogen-bond donors (Lipinski definition) is 1. The quantitative estimate of drug-likeness (QED) is 0.555. The molecule has 0 heterocycles. The van der Waals surface area contributed by atoms with E-state index in [0.717, 1.165) is 44.9 Å². The number of Topliss-reactive ketones (excluding diaryl/α,β-unsaturated/α-hetero) is 2. The Morgan fingerprint density at radius 1 is 0.906 bits per heavy atom. The fraction of sp³-hybridized carbons (Fsp3) is 0.593. The van der Waals surface area contributed by atoms with Crippen molar-refractivity contribution in [3.8, 4) is 0 Å². The Balaban J connectivity index is 1.25. The van der Waals surface area contributed by atoms with Crippen LogP contribution in [0.4, 0.5) is 0 Å². The molecule has 1 aromatic carbocycles. The number of ether oxygens (including phenoxy) is 1. The van der Waals surface area contributed by atoms with Crippen molar-refractivity contribution in [2.75, 3.05) is 0 Å². The molecule has 0 spiro atoms. The van der Waals surface area contributed by atoms with Crippen molar-refractivity contribution in [1.29, 1.82) is 0 Å². The van der Waals surface area contributed by atoms with Crippen molar-refractivity contribution in [2.45, 2.75) is 70.2 Å². The van der Waals surface area contributed by atoms with Gasteiger partial charge >= 0.3 is 0 Å². The number of allylic oxidation sites excluding steroid dienone is 1. The number of ketones is 3. The lowest BCUT2D eigenvalue weighted by molar-refractivity contribution is -0.194. The molecule has 0 bridgehead atoms. The maximum absolute atomic E-state index is 13.0. The molecule has 5 heteroatoms. The first kappa shape index (κ1) is 20.5. The highest BCUT2D eigenvalue weighted by Crippen LogP contribution is 2.62. The number of fused-ring (bicyclic) bond motifs is 6. The summed E-state index contributed by atoms with van der Waals surface area (Å²) in [4.78, 5) is 37.8. The maximum Gasteiger partial charge on any atom is 0.297 e. The third-order valence-electron chi connectivity index (χ3n) is 9.56. The van der Waals surface area contributed by atoms with Gasteiger partial charge in [0.05, 0.1) is 6.10 Å². The minimum atomic E-state index is -2.39. The van der Waals surface area contributed by atoms with Crippen molar-refractivity contribution in [2.24, 2.45) is 29.1 Å². The molecule has 168 valence electrons. The summed E-state index contributed by atoms with van der Waals surface area (Å²) >= 11 is 0. The molecule has 5 aliphatic rings. The van der Waals surface area contributed by atoms with Gasteiger partial charge in [-0.3, -0.25) is 14.4 Å². The van der Waals surface area contributed by atoms with Gasteiger partial charge in [0.1, 0.15) is 0 Å². The first-order valence-corrected chi connectivity index (χ1v) is 12.1. The SMILES string of the molecule is C[C@]12CC[C@H]3[C@H](CCC4=CC(=O)CC[C@H]43)[C@@H]1CC[C@@H]2OC1(O)C(=O)c2ccccc2C1=O. The van der Waals surface area contributed by atoms with Gasteiger partial charge in [0.25, 0.3) is 5.79 Å². The van der Waals surface area contributed by atoms with Gasteiger partial charge in [-0.1, -0.05) is 36.8 Å². The number of hydrogen-bond acceptors (Lipinski definition) is 5. The van der Waals surface area contributed by atoms with E-state index in [1.54, 1.807) is 24.3 Å². The molecular formula is C27H30O5. The zero-order valence-electron chi connectivity index (χ0n) is 18.5. The average molecular weight is 435 g/mol. The van der Waals surface area contributed by atoms with Crippen LogP contribution < -0.4 is 0 Å². The Morgan fingerprint density at radius 2 is 1.62 bits per heavy atom. The van der Waals surface area contributed by atoms with E-state index >= 15 is 0 Å². The van der Waals surface area contributed by atoms with E-state index in [4.69, 9.17) is 4.74 Å². The predicted molar refractivity (Wildman–Crippen MR) is 117 cm³/mol. The fourth-order valence-electron chi connectivity index (χ4n) is 7.99. The molecular weight excluding hydrogens is 404 g/mol. The van der Waals surface area contributed by atoms with Crippen LogP contribution in [0, 0.1) is 29.1 Å². The second kappa shape index (κ2) is 6.94. The zero-order valence-corrected chi connectivity index (χ0v) is 18.5. The van der Waals surface area contributed by atoms with Crippen molar-refractivity contribution in [3.05, 3.63) is 47.0 Å². The van der Waals surface area contributed by atoms with Gasteiger partial charge in [-0.15, -0.1) is 0 Å². The van der Waals surface area contributed by atoms with Crippen LogP contribution in [0.5, 0.6) is 0 Å². The predicted octanol–water partition coefficient (Wildman–Crippen LogP) is 4.28. The topological polar surface area (TPSA) is 80.7 Å². The van der Waals surface area contributed by atoms with Crippen LogP contribution in [-0.4, -0.2) is 34.3 Å². The molecule has 1 N–H and O–H groups in total. The highest BCUT2D eigenvalue weighted by Gasteiger charge is 2.61. The van der Waals surface area contributed by atoms with Crippen molar-refractivity contribution in [3.63, 3.8) is 0 Å². The van der Waals surface area contributed by atoms with Gasteiger partial charge in [-0.25, -0.2) is 0 Å². The fourth-order valence-corrected chi connectivity index (χ4v) is 7.99. The number of aliphatic hydroxyl groups is 1. The Kier molecular flexibility index (Phi) is 4.45. The third-order valence-corrected chi connectivity index (χ3v) is 9.56. The molecule has 6 atom stereocenters. The van der Waals surface area contributed by atoms with Crippen LogP contribution in [-0.2, 0) is 9.53 Å². The van der Waals surface area contributed by atoms with Crippen molar-refractivity contribution in [1.82, 2.24) is 0 Å². The summed E-state index contributed by atoms with van der Waals surface area (Å²) in [6.45, 7) is 2.24. The summed E-state index contributed by atoms with van der Waals surface area (Å²) in [5.41, 5.74) is 1.72. The monoisotopic (exact) mass is 434 g/mol. The Bertz CT molecular complexity index is 1020. The average Bonchev–Trinajstić information content (AvgIpc) is 3.21. The largest absolute Gasteiger partial charge is 0.353 e. The van der Waals surface area contributed by atoms with E-state index in [9.17, 15) is 19.5 Å². The molecule has 6 rings (SSSR count). The lowest BCUT2D eigenvalue weighted by Crippen LogP contribution is -2.53. The van der Waals surface area contributed by atoms with Crippen LogP contribution in [0.3, 0.4) is 0 Å². The normalized spacial score (nSPS) is 39.8. The summed E-state index contributed by atoms with van der Waals surface area (Å²) in [5.74, 6) is -1.17. The molecule has 0 aromatic heterocycles. The Morgan fingerprint density at radius 3 is 2.34 bits per heavy atom. The van der Waals surface area contributed by atoms with Crippen LogP contribution in [0.1, 0.15) is 79.0 Å². The minimum Gasteiger partial charge on any atom is -0.353 e. The molecule has 0 aliphatic heterocycles. The number of carbonyl (C=O) groups excluding carboxylic acids is 3. The van der Waals surface area contributed by atoms with E-state index in [-0.39, 0.29) is 28.4 Å².